The van der Waals surface area contributed by atoms with Crippen LogP contribution in [0.1, 0.15) is 25.3 Å². The Labute approximate surface area is 170 Å². The fraction of sp³-hybridized carbons (Fsp3) is 0.600. The molecule has 2 saturated heterocycles. The van der Waals surface area contributed by atoms with Gasteiger partial charge < -0.3 is 14.5 Å². The summed E-state index contributed by atoms with van der Waals surface area (Å²) in [6, 6.07) is 4.70. The number of ether oxygens (including phenoxy) is 1. The number of halogens is 2. The first-order chi connectivity index (χ1) is 13.5. The normalized spacial score (nSPS) is 20.9. The first-order valence-electron chi connectivity index (χ1n) is 9.85. The molecule has 2 aliphatic rings. The van der Waals surface area contributed by atoms with Crippen molar-refractivity contribution in [3.05, 3.63) is 34.6 Å². The predicted octanol–water partition coefficient (Wildman–Crippen LogP) is 2.99. The Morgan fingerprint density at radius 1 is 1.18 bits per heavy atom. The van der Waals surface area contributed by atoms with Gasteiger partial charge in [-0.1, -0.05) is 17.7 Å². The molecule has 2 fully saturated rings. The van der Waals surface area contributed by atoms with Gasteiger partial charge in [-0.25, -0.2) is 9.18 Å². The second-order valence-corrected chi connectivity index (χ2v) is 7.69. The second-order valence-electron chi connectivity index (χ2n) is 7.29. The summed E-state index contributed by atoms with van der Waals surface area (Å²) in [6.45, 7) is 5.99. The van der Waals surface area contributed by atoms with Crippen molar-refractivity contribution in [2.75, 3.05) is 45.9 Å². The zero-order valence-electron chi connectivity index (χ0n) is 16.2. The standard InChI is InChI=1S/C20H27ClFN3O3/c1-2-28-20(27)25-11-9-24(10-12-25)19(26)15-5-4-8-23(13-15)14-16-17(21)6-3-7-18(16)22/h3,6-7,15H,2,4-5,8-14H2,1H3. The summed E-state index contributed by atoms with van der Waals surface area (Å²) in [5, 5.41) is 0.420. The van der Waals surface area contributed by atoms with E-state index < -0.39 is 0 Å². The number of hydrogen-bond acceptors (Lipinski definition) is 4. The Morgan fingerprint density at radius 2 is 1.89 bits per heavy atom. The van der Waals surface area contributed by atoms with Crippen LogP contribution in [0.25, 0.3) is 0 Å². The topological polar surface area (TPSA) is 53.1 Å². The summed E-state index contributed by atoms with van der Waals surface area (Å²) >= 11 is 6.15. The molecule has 1 unspecified atom stereocenters. The van der Waals surface area contributed by atoms with Gasteiger partial charge in [-0.15, -0.1) is 0 Å². The molecule has 2 heterocycles. The van der Waals surface area contributed by atoms with Crippen LogP contribution in [0.3, 0.4) is 0 Å². The average molecular weight is 412 g/mol. The zero-order chi connectivity index (χ0) is 20.1. The number of nitrogens with zero attached hydrogens (tertiary/aromatic N) is 3. The number of carbonyl (C=O) groups is 2. The van der Waals surface area contributed by atoms with Gasteiger partial charge in [-0.3, -0.25) is 9.69 Å². The Balaban J connectivity index is 1.54. The number of hydrogen-bond donors (Lipinski definition) is 0. The molecule has 0 aromatic heterocycles. The second kappa shape index (κ2) is 9.56. The van der Waals surface area contributed by atoms with E-state index in [0.717, 1.165) is 19.4 Å². The maximum Gasteiger partial charge on any atom is 0.409 e. The van der Waals surface area contributed by atoms with Crippen molar-refractivity contribution in [3.63, 3.8) is 0 Å². The molecule has 2 amide bonds. The van der Waals surface area contributed by atoms with Crippen LogP contribution in [0, 0.1) is 11.7 Å². The van der Waals surface area contributed by atoms with Crippen LogP contribution in [0.4, 0.5) is 9.18 Å². The van der Waals surface area contributed by atoms with E-state index in [0.29, 0.717) is 56.5 Å². The number of rotatable bonds is 4. The molecule has 8 heteroatoms. The summed E-state index contributed by atoms with van der Waals surface area (Å²) in [4.78, 5) is 30.3. The third-order valence-corrected chi connectivity index (χ3v) is 5.77. The van der Waals surface area contributed by atoms with Gasteiger partial charge in [-0.05, 0) is 38.4 Å². The van der Waals surface area contributed by atoms with Crippen molar-refractivity contribution in [2.45, 2.75) is 26.3 Å². The van der Waals surface area contributed by atoms with Crippen molar-refractivity contribution in [3.8, 4) is 0 Å². The van der Waals surface area contributed by atoms with Gasteiger partial charge in [0.2, 0.25) is 5.91 Å². The van der Waals surface area contributed by atoms with Crippen molar-refractivity contribution in [2.24, 2.45) is 5.92 Å². The molecule has 3 rings (SSSR count). The Morgan fingerprint density at radius 3 is 2.57 bits per heavy atom. The van der Waals surface area contributed by atoms with E-state index in [9.17, 15) is 14.0 Å². The summed E-state index contributed by atoms with van der Waals surface area (Å²) in [5.41, 5.74) is 0.486. The predicted molar refractivity (Wildman–Crippen MR) is 105 cm³/mol. The van der Waals surface area contributed by atoms with Gasteiger partial charge in [0, 0.05) is 49.9 Å². The van der Waals surface area contributed by atoms with Crippen molar-refractivity contribution in [1.29, 1.82) is 0 Å². The van der Waals surface area contributed by atoms with Gasteiger partial charge in [0.25, 0.3) is 0 Å². The molecule has 1 aromatic carbocycles. The van der Waals surface area contributed by atoms with Crippen LogP contribution in [-0.4, -0.2) is 72.6 Å². The lowest BCUT2D eigenvalue weighted by Gasteiger charge is -2.38. The number of carbonyl (C=O) groups excluding carboxylic acids is 2. The molecular formula is C20H27ClFN3O3. The number of amides is 2. The lowest BCUT2D eigenvalue weighted by Crippen LogP contribution is -2.53. The lowest BCUT2D eigenvalue weighted by atomic mass is 9.95. The summed E-state index contributed by atoms with van der Waals surface area (Å²) in [7, 11) is 0. The highest BCUT2D eigenvalue weighted by molar-refractivity contribution is 6.31. The largest absolute Gasteiger partial charge is 0.450 e. The van der Waals surface area contributed by atoms with E-state index in [-0.39, 0.29) is 23.7 Å². The van der Waals surface area contributed by atoms with Gasteiger partial charge in [0.15, 0.2) is 0 Å². The van der Waals surface area contributed by atoms with Crippen LogP contribution in [0.5, 0.6) is 0 Å². The highest BCUT2D eigenvalue weighted by atomic mass is 35.5. The maximum absolute atomic E-state index is 14.1. The number of likely N-dealkylation sites (tertiary alicyclic amines) is 1. The number of piperidine rings is 1. The van der Waals surface area contributed by atoms with Crippen LogP contribution >= 0.6 is 11.6 Å². The van der Waals surface area contributed by atoms with Crippen molar-refractivity contribution in [1.82, 2.24) is 14.7 Å². The highest BCUT2D eigenvalue weighted by Gasteiger charge is 2.32. The average Bonchev–Trinajstić information content (AvgIpc) is 2.71. The molecule has 2 aliphatic heterocycles. The van der Waals surface area contributed by atoms with Gasteiger partial charge in [0.05, 0.1) is 12.5 Å². The van der Waals surface area contributed by atoms with Crippen LogP contribution in [-0.2, 0) is 16.1 Å². The summed E-state index contributed by atoms with van der Waals surface area (Å²) in [5.74, 6) is -0.294. The Kier molecular flexibility index (Phi) is 7.13. The fourth-order valence-corrected chi connectivity index (χ4v) is 4.11. The van der Waals surface area contributed by atoms with Gasteiger partial charge in [0.1, 0.15) is 5.82 Å². The van der Waals surface area contributed by atoms with Crippen molar-refractivity contribution >= 4 is 23.6 Å². The first kappa shape index (κ1) is 20.9. The molecular weight excluding hydrogens is 385 g/mol. The molecule has 1 aromatic rings. The minimum atomic E-state index is -0.319. The van der Waals surface area contributed by atoms with Crippen LogP contribution in [0.15, 0.2) is 18.2 Å². The fourth-order valence-electron chi connectivity index (χ4n) is 3.89. The summed E-state index contributed by atoms with van der Waals surface area (Å²) in [6.07, 6.45) is 1.41. The number of piperazine rings is 1. The maximum atomic E-state index is 14.1. The molecule has 0 bridgehead atoms. The molecule has 0 aliphatic carbocycles. The van der Waals surface area contributed by atoms with E-state index in [1.807, 2.05) is 4.90 Å². The van der Waals surface area contributed by atoms with E-state index >= 15 is 0 Å². The number of benzene rings is 1. The molecule has 28 heavy (non-hydrogen) atoms. The van der Waals surface area contributed by atoms with E-state index in [1.54, 1.807) is 24.0 Å². The van der Waals surface area contributed by atoms with Crippen LogP contribution < -0.4 is 0 Å². The molecule has 0 spiro atoms. The smallest absolute Gasteiger partial charge is 0.409 e. The van der Waals surface area contributed by atoms with E-state index in [4.69, 9.17) is 16.3 Å². The Bertz CT molecular complexity index is 690. The first-order valence-corrected chi connectivity index (χ1v) is 10.2. The van der Waals surface area contributed by atoms with E-state index in [1.165, 1.54) is 6.07 Å². The molecule has 0 N–H and O–H groups in total. The Hall–Kier alpha value is -1.86. The van der Waals surface area contributed by atoms with Crippen LogP contribution in [0.2, 0.25) is 5.02 Å². The molecule has 0 saturated carbocycles. The highest BCUT2D eigenvalue weighted by Crippen LogP contribution is 2.25. The van der Waals surface area contributed by atoms with Gasteiger partial charge >= 0.3 is 6.09 Å². The van der Waals surface area contributed by atoms with E-state index in [2.05, 4.69) is 4.90 Å². The summed E-state index contributed by atoms with van der Waals surface area (Å²) < 4.78 is 19.1. The molecule has 6 nitrogen and oxygen atoms in total. The quantitative estimate of drug-likeness (QED) is 0.764. The molecule has 0 radical (unpaired) electrons. The van der Waals surface area contributed by atoms with Gasteiger partial charge in [-0.2, -0.15) is 0 Å². The van der Waals surface area contributed by atoms with Crippen molar-refractivity contribution < 1.29 is 18.7 Å². The monoisotopic (exact) mass is 411 g/mol. The minimum Gasteiger partial charge on any atom is -0.450 e. The molecule has 1 atom stereocenters. The third kappa shape index (κ3) is 4.94. The molecule has 154 valence electrons. The minimum absolute atomic E-state index is 0.103. The third-order valence-electron chi connectivity index (χ3n) is 5.42. The lowest BCUT2D eigenvalue weighted by molar-refractivity contribution is -0.139. The zero-order valence-corrected chi connectivity index (χ0v) is 17.0. The SMILES string of the molecule is CCOC(=O)N1CCN(C(=O)C2CCCN(Cc3c(F)cccc3Cl)C2)CC1.